The monoisotopic (exact) mass is 769 g/mol. The summed E-state index contributed by atoms with van der Waals surface area (Å²) >= 11 is 0. The third kappa shape index (κ3) is 22.0. The molecule has 0 aromatic carbocycles. The lowest BCUT2D eigenvalue weighted by Crippen LogP contribution is -2.58. The van der Waals surface area contributed by atoms with E-state index in [-0.39, 0.29) is 26.2 Å². The number of nitrogens with one attached hydrogen (secondary N) is 1. The molecule has 54 heavy (non-hydrogen) atoms. The Morgan fingerprint density at radius 3 is 1.06 bits per heavy atom. The van der Waals surface area contributed by atoms with Crippen LogP contribution in [0, 0.1) is 0 Å². The van der Waals surface area contributed by atoms with Crippen molar-refractivity contribution in [3.8, 4) is 0 Å². The summed E-state index contributed by atoms with van der Waals surface area (Å²) < 4.78 is 2.78. The van der Waals surface area contributed by atoms with Crippen LogP contribution < -0.4 is 22.4 Å². The second-order valence-corrected chi connectivity index (χ2v) is 15.7. The molecule has 1 aromatic heterocycles. The van der Waals surface area contributed by atoms with Crippen LogP contribution in [0.5, 0.6) is 0 Å². The van der Waals surface area contributed by atoms with Gasteiger partial charge in [0.1, 0.15) is 0 Å². The van der Waals surface area contributed by atoms with Gasteiger partial charge in [-0.3, -0.25) is 0 Å². The first-order valence-corrected chi connectivity index (χ1v) is 22.3. The molecular weight excluding hydrogens is 684 g/mol. The third-order valence-electron chi connectivity index (χ3n) is 10.4. The quantitative estimate of drug-likeness (QED) is 0.0659. The summed E-state index contributed by atoms with van der Waals surface area (Å²) in [6.07, 6.45) is 18.9. The van der Waals surface area contributed by atoms with Gasteiger partial charge in [-0.15, -0.1) is 0 Å². The molecule has 12 heteroatoms. The number of rotatable bonds is 37. The number of aromatic nitrogens is 3. The van der Waals surface area contributed by atoms with E-state index in [0.717, 1.165) is 175 Å². The Balaban J connectivity index is 3.34. The third-order valence-corrected chi connectivity index (χ3v) is 10.4. The van der Waals surface area contributed by atoms with E-state index in [1.807, 2.05) is 0 Å². The molecule has 0 radical (unpaired) electrons. The van der Waals surface area contributed by atoms with E-state index in [0.29, 0.717) is 13.1 Å². The molecule has 0 aliphatic rings. The van der Waals surface area contributed by atoms with Gasteiger partial charge in [0.25, 0.3) is 0 Å². The minimum absolute atomic E-state index is 0.193. The minimum atomic E-state index is -1.04. The zero-order valence-corrected chi connectivity index (χ0v) is 35.5. The summed E-state index contributed by atoms with van der Waals surface area (Å²) in [5.41, 5.74) is -2.52. The van der Waals surface area contributed by atoms with Crippen molar-refractivity contribution in [2.24, 2.45) is 0 Å². The molecule has 4 N–H and O–H groups in total. The van der Waals surface area contributed by atoms with E-state index >= 15 is 0 Å². The van der Waals surface area contributed by atoms with Gasteiger partial charge in [-0.25, -0.2) is 28.1 Å². The van der Waals surface area contributed by atoms with E-state index in [1.54, 1.807) is 0 Å². The fourth-order valence-corrected chi connectivity index (χ4v) is 7.14. The second kappa shape index (κ2) is 32.3. The Kier molecular flexibility index (Phi) is 30.0. The zero-order chi connectivity index (χ0) is 40.0. The molecule has 0 aliphatic carbocycles. The number of hydrogen-bond acceptors (Lipinski definition) is 9. The van der Waals surface area contributed by atoms with E-state index in [2.05, 4.69) is 49.7 Å². The standard InChI is InChI=1S/C42H84N6O6/c1-6-11-16-21-26-43-31-37(49)34-46-40(52)47(35-38(50)32-44(27-22-17-12-7-2)28-23-18-13-8-3)42(54)48(41(46)53)36-39(51)33-45(29-24-19-14-9-4)30-25-20-15-10-5/h37-39,43,49-51H,6-36H2,1-5H3. The maximum atomic E-state index is 14.0. The van der Waals surface area contributed by atoms with Crippen LogP contribution in [0.15, 0.2) is 14.4 Å². The first-order chi connectivity index (χ1) is 26.1. The van der Waals surface area contributed by atoms with Crippen molar-refractivity contribution in [2.45, 2.75) is 201 Å². The van der Waals surface area contributed by atoms with Crippen molar-refractivity contribution in [1.29, 1.82) is 0 Å². The van der Waals surface area contributed by atoms with Crippen LogP contribution in [0.25, 0.3) is 0 Å². The van der Waals surface area contributed by atoms with Gasteiger partial charge in [0, 0.05) is 19.6 Å². The molecule has 0 saturated heterocycles. The SMILES string of the molecule is CCCCCCNCC(O)Cn1c(=O)n(CC(O)CN(CCCCCC)CCCCCC)c(=O)n(CC(O)CN(CCCCCC)CCCCCC)c1=O. The Morgan fingerprint density at radius 2 is 0.741 bits per heavy atom. The van der Waals surface area contributed by atoms with Crippen molar-refractivity contribution < 1.29 is 15.3 Å². The minimum Gasteiger partial charge on any atom is -0.390 e. The lowest BCUT2D eigenvalue weighted by Gasteiger charge is -2.27. The van der Waals surface area contributed by atoms with Gasteiger partial charge in [-0.2, -0.15) is 0 Å². The predicted octanol–water partition coefficient (Wildman–Crippen LogP) is 5.35. The maximum absolute atomic E-state index is 14.0. The maximum Gasteiger partial charge on any atom is 0.336 e. The molecule has 0 fully saturated rings. The van der Waals surface area contributed by atoms with Crippen LogP contribution in [-0.2, 0) is 19.6 Å². The highest BCUT2D eigenvalue weighted by atomic mass is 16.3. The van der Waals surface area contributed by atoms with E-state index in [9.17, 15) is 29.7 Å². The van der Waals surface area contributed by atoms with Crippen molar-refractivity contribution in [3.05, 3.63) is 31.5 Å². The highest BCUT2D eigenvalue weighted by molar-refractivity contribution is 4.84. The lowest BCUT2D eigenvalue weighted by atomic mass is 10.1. The first kappa shape index (κ1) is 50.2. The van der Waals surface area contributed by atoms with Crippen molar-refractivity contribution in [1.82, 2.24) is 28.8 Å². The summed E-state index contributed by atoms with van der Waals surface area (Å²) in [7, 11) is 0. The largest absolute Gasteiger partial charge is 0.390 e. The van der Waals surface area contributed by atoms with Gasteiger partial charge < -0.3 is 30.4 Å². The van der Waals surface area contributed by atoms with Crippen LogP contribution in [0.1, 0.15) is 163 Å². The second-order valence-electron chi connectivity index (χ2n) is 15.7. The Labute approximate surface area is 328 Å². The molecule has 0 bridgehead atoms. The Bertz CT molecular complexity index is 1120. The number of nitrogens with zero attached hydrogens (tertiary/aromatic N) is 5. The van der Waals surface area contributed by atoms with Crippen LogP contribution in [0.2, 0.25) is 0 Å². The molecule has 1 heterocycles. The van der Waals surface area contributed by atoms with Gasteiger partial charge in [0.05, 0.1) is 37.9 Å². The van der Waals surface area contributed by atoms with Gasteiger partial charge in [-0.05, 0) is 64.8 Å². The van der Waals surface area contributed by atoms with Crippen LogP contribution >= 0.6 is 0 Å². The van der Waals surface area contributed by atoms with Gasteiger partial charge in [-0.1, -0.05) is 131 Å². The highest BCUT2D eigenvalue weighted by Gasteiger charge is 2.23. The molecule has 3 atom stereocenters. The zero-order valence-electron chi connectivity index (χ0n) is 35.5. The molecular formula is C42H84N6O6. The highest BCUT2D eigenvalue weighted by Crippen LogP contribution is 2.09. The number of aliphatic hydroxyl groups is 3. The lowest BCUT2D eigenvalue weighted by molar-refractivity contribution is 0.0839. The van der Waals surface area contributed by atoms with E-state index < -0.39 is 35.4 Å². The van der Waals surface area contributed by atoms with Crippen molar-refractivity contribution in [3.63, 3.8) is 0 Å². The normalized spacial score (nSPS) is 13.7. The predicted molar refractivity (Wildman–Crippen MR) is 224 cm³/mol. The topological polar surface area (TPSA) is 145 Å². The first-order valence-electron chi connectivity index (χ1n) is 22.3. The number of aliphatic hydroxyl groups excluding tert-OH is 3. The molecule has 3 unspecified atom stereocenters. The average molecular weight is 769 g/mol. The fraction of sp³-hybridized carbons (Fsp3) is 0.929. The molecule has 0 spiro atoms. The molecule has 12 nitrogen and oxygen atoms in total. The fourth-order valence-electron chi connectivity index (χ4n) is 7.14. The van der Waals surface area contributed by atoms with Gasteiger partial charge >= 0.3 is 17.1 Å². The number of hydrogen-bond donors (Lipinski definition) is 4. The van der Waals surface area contributed by atoms with Crippen LogP contribution in [-0.4, -0.2) is 109 Å². The van der Waals surface area contributed by atoms with Gasteiger partial charge in [0.15, 0.2) is 0 Å². The summed E-state index contributed by atoms with van der Waals surface area (Å²) in [5.74, 6) is 0. The molecule has 1 rings (SSSR count). The molecule has 0 amide bonds. The Morgan fingerprint density at radius 1 is 0.444 bits per heavy atom. The Hall–Kier alpha value is -1.83. The van der Waals surface area contributed by atoms with Crippen molar-refractivity contribution in [2.75, 3.05) is 52.4 Å². The summed E-state index contributed by atoms with van der Waals surface area (Å²) in [6.45, 7) is 14.9. The van der Waals surface area contributed by atoms with Crippen LogP contribution in [0.3, 0.4) is 0 Å². The van der Waals surface area contributed by atoms with E-state index in [1.165, 1.54) is 0 Å². The summed E-state index contributed by atoms with van der Waals surface area (Å²) in [4.78, 5) is 46.1. The summed E-state index contributed by atoms with van der Waals surface area (Å²) in [6, 6.07) is 0. The molecule has 1 aromatic rings. The van der Waals surface area contributed by atoms with Crippen LogP contribution in [0.4, 0.5) is 0 Å². The molecule has 318 valence electrons. The smallest absolute Gasteiger partial charge is 0.336 e. The average Bonchev–Trinajstić information content (AvgIpc) is 3.15. The molecule has 0 aliphatic heterocycles. The van der Waals surface area contributed by atoms with Gasteiger partial charge in [0.2, 0.25) is 0 Å². The number of unbranched alkanes of at least 4 members (excludes halogenated alkanes) is 15. The summed E-state index contributed by atoms with van der Waals surface area (Å²) in [5, 5.41) is 36.8. The molecule has 0 saturated carbocycles. The van der Waals surface area contributed by atoms with E-state index in [4.69, 9.17) is 0 Å². The van der Waals surface area contributed by atoms with Crippen molar-refractivity contribution >= 4 is 0 Å².